The Balaban J connectivity index is 1.74. The molecular weight excluding hydrogens is 301 g/mol. The van der Waals surface area contributed by atoms with E-state index in [0.29, 0.717) is 11.6 Å². The highest BCUT2D eigenvalue weighted by atomic mass is 19.1. The summed E-state index contributed by atoms with van der Waals surface area (Å²) in [6.07, 6.45) is 1.02. The number of benzene rings is 2. The summed E-state index contributed by atoms with van der Waals surface area (Å²) < 4.78 is 13.4. The van der Waals surface area contributed by atoms with Gasteiger partial charge in [-0.1, -0.05) is 30.3 Å². The van der Waals surface area contributed by atoms with Gasteiger partial charge in [-0.25, -0.2) is 4.39 Å². The van der Waals surface area contributed by atoms with E-state index in [1.54, 1.807) is 6.07 Å². The van der Waals surface area contributed by atoms with Gasteiger partial charge < -0.3 is 4.90 Å². The van der Waals surface area contributed by atoms with E-state index in [4.69, 9.17) is 0 Å². The van der Waals surface area contributed by atoms with Crippen LogP contribution in [-0.2, 0) is 6.54 Å². The molecule has 2 aromatic rings. The number of hydrogen-bond acceptors (Lipinski definition) is 3. The topological polar surface area (TPSA) is 30.3 Å². The Labute approximate surface area is 142 Å². The molecule has 1 fully saturated rings. The van der Waals surface area contributed by atoms with Crippen LogP contribution in [0.15, 0.2) is 48.5 Å². The van der Waals surface area contributed by atoms with Crippen LogP contribution >= 0.6 is 0 Å². The maximum absolute atomic E-state index is 13.4. The maximum Gasteiger partial charge on any atom is 0.124 e. The number of hydrogen-bond donors (Lipinski definition) is 0. The zero-order valence-electron chi connectivity index (χ0n) is 14.0. The first-order chi connectivity index (χ1) is 11.7. The summed E-state index contributed by atoms with van der Waals surface area (Å²) in [5.41, 5.74) is 2.57. The summed E-state index contributed by atoms with van der Waals surface area (Å²) in [6.45, 7) is 5.84. The zero-order valence-corrected chi connectivity index (χ0v) is 14.0. The maximum atomic E-state index is 13.4. The fourth-order valence-electron chi connectivity index (χ4n) is 3.27. The number of nitriles is 1. The molecule has 0 aliphatic carbocycles. The lowest BCUT2D eigenvalue weighted by atomic mass is 10.1. The van der Waals surface area contributed by atoms with E-state index in [9.17, 15) is 9.65 Å². The minimum Gasteiger partial charge on any atom is -0.369 e. The van der Waals surface area contributed by atoms with Crippen molar-refractivity contribution in [2.24, 2.45) is 0 Å². The SMILES string of the molecule is CC1CCN(c2ccc(F)cc2C#N)CCN1Cc1ccccc1. The van der Waals surface area contributed by atoms with Crippen molar-refractivity contribution in [3.63, 3.8) is 0 Å². The lowest BCUT2D eigenvalue weighted by Crippen LogP contribution is -2.34. The molecule has 1 atom stereocenters. The molecule has 2 aromatic carbocycles. The van der Waals surface area contributed by atoms with Gasteiger partial charge in [0.05, 0.1) is 11.3 Å². The van der Waals surface area contributed by atoms with Crippen molar-refractivity contribution in [1.82, 2.24) is 4.90 Å². The summed E-state index contributed by atoms with van der Waals surface area (Å²) >= 11 is 0. The van der Waals surface area contributed by atoms with Gasteiger partial charge in [0.15, 0.2) is 0 Å². The second-order valence-electron chi connectivity index (χ2n) is 6.35. The van der Waals surface area contributed by atoms with Crippen molar-refractivity contribution in [1.29, 1.82) is 5.26 Å². The molecule has 1 aliphatic heterocycles. The molecule has 24 heavy (non-hydrogen) atoms. The Bertz CT molecular complexity index is 723. The molecule has 3 rings (SSSR count). The standard InChI is InChI=1S/C20H22FN3/c1-16-9-10-23(20-8-7-19(21)13-18(20)14-22)11-12-24(16)15-17-5-3-2-4-6-17/h2-8,13,16H,9-12,15H2,1H3. The molecule has 1 heterocycles. The van der Waals surface area contributed by atoms with Gasteiger partial charge in [0, 0.05) is 32.2 Å². The van der Waals surface area contributed by atoms with Gasteiger partial charge in [-0.05, 0) is 37.1 Å². The Morgan fingerprint density at radius 2 is 1.92 bits per heavy atom. The Morgan fingerprint density at radius 1 is 1.12 bits per heavy atom. The van der Waals surface area contributed by atoms with E-state index >= 15 is 0 Å². The smallest absolute Gasteiger partial charge is 0.124 e. The first kappa shape index (κ1) is 16.5. The monoisotopic (exact) mass is 323 g/mol. The first-order valence-corrected chi connectivity index (χ1v) is 8.40. The molecule has 1 saturated heterocycles. The molecule has 1 aliphatic rings. The number of rotatable bonds is 3. The van der Waals surface area contributed by atoms with Crippen LogP contribution in [0.5, 0.6) is 0 Å². The van der Waals surface area contributed by atoms with Crippen LogP contribution in [0.3, 0.4) is 0 Å². The van der Waals surface area contributed by atoms with Crippen LogP contribution in [-0.4, -0.2) is 30.6 Å². The average molecular weight is 323 g/mol. The van der Waals surface area contributed by atoms with Crippen LogP contribution < -0.4 is 4.90 Å². The predicted molar refractivity (Wildman–Crippen MR) is 94.3 cm³/mol. The Kier molecular flexibility index (Phi) is 5.12. The van der Waals surface area contributed by atoms with Gasteiger partial charge in [-0.3, -0.25) is 4.90 Å². The van der Waals surface area contributed by atoms with Crippen molar-refractivity contribution < 1.29 is 4.39 Å². The average Bonchev–Trinajstić information content (AvgIpc) is 2.78. The van der Waals surface area contributed by atoms with E-state index in [1.165, 1.54) is 17.7 Å². The molecule has 3 nitrogen and oxygen atoms in total. The van der Waals surface area contributed by atoms with Crippen LogP contribution in [0.25, 0.3) is 0 Å². The molecule has 0 spiro atoms. The van der Waals surface area contributed by atoms with Gasteiger partial charge in [0.2, 0.25) is 0 Å². The van der Waals surface area contributed by atoms with Crippen molar-refractivity contribution in [2.45, 2.75) is 25.9 Å². The predicted octanol–water partition coefficient (Wildman–Crippen LogP) is 3.80. The van der Waals surface area contributed by atoms with Crippen LogP contribution in [0.4, 0.5) is 10.1 Å². The van der Waals surface area contributed by atoms with Crippen molar-refractivity contribution in [3.8, 4) is 6.07 Å². The summed E-state index contributed by atoms with van der Waals surface area (Å²) in [5, 5.41) is 9.29. The second-order valence-corrected chi connectivity index (χ2v) is 6.35. The summed E-state index contributed by atoms with van der Waals surface area (Å²) in [6, 6.07) is 17.6. The molecule has 0 N–H and O–H groups in total. The fourth-order valence-corrected chi connectivity index (χ4v) is 3.27. The van der Waals surface area contributed by atoms with E-state index in [2.05, 4.69) is 47.1 Å². The van der Waals surface area contributed by atoms with Gasteiger partial charge in [-0.2, -0.15) is 5.26 Å². The van der Waals surface area contributed by atoms with Crippen LogP contribution in [0.2, 0.25) is 0 Å². The quantitative estimate of drug-likeness (QED) is 0.861. The zero-order chi connectivity index (χ0) is 16.9. The molecule has 4 heteroatoms. The highest BCUT2D eigenvalue weighted by Gasteiger charge is 2.22. The second kappa shape index (κ2) is 7.46. The van der Waals surface area contributed by atoms with Crippen LogP contribution in [0.1, 0.15) is 24.5 Å². The lowest BCUT2D eigenvalue weighted by molar-refractivity contribution is 0.212. The Hall–Kier alpha value is -2.38. The molecule has 0 saturated carbocycles. The molecule has 0 amide bonds. The minimum atomic E-state index is -0.357. The van der Waals surface area contributed by atoms with Gasteiger partial charge in [0.1, 0.15) is 11.9 Å². The number of halogens is 1. The molecule has 0 aromatic heterocycles. The third kappa shape index (κ3) is 3.74. The van der Waals surface area contributed by atoms with E-state index in [-0.39, 0.29) is 5.82 Å². The number of nitrogens with zero attached hydrogens (tertiary/aromatic N) is 3. The van der Waals surface area contributed by atoms with Gasteiger partial charge in [-0.15, -0.1) is 0 Å². The van der Waals surface area contributed by atoms with E-state index < -0.39 is 0 Å². The first-order valence-electron chi connectivity index (χ1n) is 8.40. The summed E-state index contributed by atoms with van der Waals surface area (Å²) in [7, 11) is 0. The van der Waals surface area contributed by atoms with Crippen molar-refractivity contribution >= 4 is 5.69 Å². The molecule has 124 valence electrons. The summed E-state index contributed by atoms with van der Waals surface area (Å²) in [4.78, 5) is 4.68. The molecular formula is C20H22FN3. The van der Waals surface area contributed by atoms with Gasteiger partial charge in [0.25, 0.3) is 0 Å². The highest BCUT2D eigenvalue weighted by molar-refractivity contribution is 5.59. The summed E-state index contributed by atoms with van der Waals surface area (Å²) in [5.74, 6) is -0.357. The van der Waals surface area contributed by atoms with E-state index in [1.807, 2.05) is 6.07 Å². The normalized spacial score (nSPS) is 18.9. The molecule has 0 bridgehead atoms. The lowest BCUT2D eigenvalue weighted by Gasteiger charge is -2.26. The van der Waals surface area contributed by atoms with Crippen molar-refractivity contribution in [2.75, 3.05) is 24.5 Å². The largest absolute Gasteiger partial charge is 0.369 e. The third-order valence-electron chi connectivity index (χ3n) is 4.75. The van der Waals surface area contributed by atoms with E-state index in [0.717, 1.165) is 38.3 Å². The van der Waals surface area contributed by atoms with Gasteiger partial charge >= 0.3 is 0 Å². The van der Waals surface area contributed by atoms with Crippen LogP contribution in [0, 0.1) is 17.1 Å². The third-order valence-corrected chi connectivity index (χ3v) is 4.75. The Morgan fingerprint density at radius 3 is 2.67 bits per heavy atom. The van der Waals surface area contributed by atoms with Crippen molar-refractivity contribution in [3.05, 3.63) is 65.5 Å². The number of anilines is 1. The minimum absolute atomic E-state index is 0.357. The highest BCUT2D eigenvalue weighted by Crippen LogP contribution is 2.24. The molecule has 0 radical (unpaired) electrons. The molecule has 1 unspecified atom stereocenters. The fraction of sp³-hybridized carbons (Fsp3) is 0.350.